The number of fused-ring (bicyclic) bond motifs is 2. The molecule has 4 aromatic carbocycles. The number of rotatable bonds is 5. The van der Waals surface area contributed by atoms with Crippen LogP contribution in [0.25, 0.3) is 33.3 Å². The van der Waals surface area contributed by atoms with E-state index in [0.717, 1.165) is 33.8 Å². The number of carbonyl (C=O) groups is 1. The Morgan fingerprint density at radius 3 is 2.62 bits per heavy atom. The van der Waals surface area contributed by atoms with Gasteiger partial charge in [0.2, 0.25) is 6.79 Å². The van der Waals surface area contributed by atoms with Gasteiger partial charge in [-0.1, -0.05) is 60.7 Å². The van der Waals surface area contributed by atoms with Gasteiger partial charge >= 0.3 is 0 Å². The summed E-state index contributed by atoms with van der Waals surface area (Å²) in [5.74, 6) is 1.30. The third kappa shape index (κ3) is 3.75. The maximum Gasteiger partial charge on any atom is 0.251 e. The highest BCUT2D eigenvalue weighted by Crippen LogP contribution is 2.32. The van der Waals surface area contributed by atoms with E-state index in [9.17, 15) is 4.79 Å². The highest BCUT2D eigenvalue weighted by atomic mass is 16.7. The van der Waals surface area contributed by atoms with Crippen LogP contribution < -0.4 is 14.8 Å². The Hall–Kier alpha value is -4.58. The Balaban J connectivity index is 1.16. The Kier molecular flexibility index (Phi) is 4.96. The molecule has 0 saturated carbocycles. The second-order valence-electron chi connectivity index (χ2n) is 8.14. The first-order valence-electron chi connectivity index (χ1n) is 11.1. The lowest BCUT2D eigenvalue weighted by Crippen LogP contribution is -2.22. The molecule has 1 aliphatic heterocycles. The van der Waals surface area contributed by atoms with Gasteiger partial charge in [0, 0.05) is 23.2 Å². The number of ether oxygens (including phenoxy) is 2. The van der Waals surface area contributed by atoms with Crippen LogP contribution in [0.5, 0.6) is 11.5 Å². The molecule has 6 heteroatoms. The molecule has 2 heterocycles. The number of nitrogens with one attached hydrogen (secondary N) is 2. The lowest BCUT2D eigenvalue weighted by atomic mass is 10.0. The molecule has 0 saturated heterocycles. The zero-order chi connectivity index (χ0) is 22.9. The summed E-state index contributed by atoms with van der Waals surface area (Å²) in [5, 5.41) is 13.0. The molecule has 166 valence electrons. The van der Waals surface area contributed by atoms with E-state index in [1.54, 1.807) is 0 Å². The molecule has 1 aliphatic rings. The van der Waals surface area contributed by atoms with Gasteiger partial charge < -0.3 is 14.8 Å². The normalized spacial score (nSPS) is 12.1. The molecule has 0 bridgehead atoms. The topological polar surface area (TPSA) is 76.2 Å². The summed E-state index contributed by atoms with van der Waals surface area (Å²) in [6.07, 6.45) is 0. The van der Waals surface area contributed by atoms with Crippen molar-refractivity contribution in [1.29, 1.82) is 0 Å². The van der Waals surface area contributed by atoms with Crippen molar-refractivity contribution >= 4 is 16.7 Å². The zero-order valence-electron chi connectivity index (χ0n) is 18.2. The van der Waals surface area contributed by atoms with Crippen molar-refractivity contribution < 1.29 is 14.3 Å². The molecule has 2 N–H and O–H groups in total. The molecule has 0 aliphatic carbocycles. The highest BCUT2D eigenvalue weighted by molar-refractivity contribution is 5.96. The molecule has 6 nitrogen and oxygen atoms in total. The van der Waals surface area contributed by atoms with Crippen molar-refractivity contribution in [2.45, 2.75) is 6.54 Å². The van der Waals surface area contributed by atoms with Crippen LogP contribution in [0.4, 0.5) is 0 Å². The maximum atomic E-state index is 12.6. The minimum absolute atomic E-state index is 0.136. The number of H-pyrrole nitrogens is 1. The van der Waals surface area contributed by atoms with Crippen LogP contribution in [0.15, 0.2) is 91.0 Å². The summed E-state index contributed by atoms with van der Waals surface area (Å²) in [6, 6.07) is 29.7. The van der Waals surface area contributed by atoms with Crippen LogP contribution in [0.2, 0.25) is 0 Å². The van der Waals surface area contributed by atoms with Gasteiger partial charge in [0.15, 0.2) is 11.5 Å². The predicted octanol–water partition coefficient (Wildman–Crippen LogP) is 5.56. The predicted molar refractivity (Wildman–Crippen MR) is 131 cm³/mol. The van der Waals surface area contributed by atoms with Crippen molar-refractivity contribution in [3.8, 4) is 34.0 Å². The molecule has 1 amide bonds. The first kappa shape index (κ1) is 20.1. The lowest BCUT2D eigenvalue weighted by molar-refractivity contribution is 0.0951. The van der Waals surface area contributed by atoms with Crippen LogP contribution >= 0.6 is 0 Å². The molecule has 0 atom stereocenters. The molecular formula is C28H21N3O3. The van der Waals surface area contributed by atoms with Gasteiger partial charge in [-0.15, -0.1) is 0 Å². The number of hydrogen-bond acceptors (Lipinski definition) is 4. The fourth-order valence-electron chi connectivity index (χ4n) is 4.20. The van der Waals surface area contributed by atoms with E-state index in [0.29, 0.717) is 17.9 Å². The molecule has 1 aromatic heterocycles. The molecule has 0 unspecified atom stereocenters. The Labute approximate surface area is 196 Å². The van der Waals surface area contributed by atoms with E-state index in [4.69, 9.17) is 9.47 Å². The number of amides is 1. The summed E-state index contributed by atoms with van der Waals surface area (Å²) in [7, 11) is 0. The summed E-state index contributed by atoms with van der Waals surface area (Å²) in [6.45, 7) is 0.641. The van der Waals surface area contributed by atoms with Crippen LogP contribution in [0.1, 0.15) is 15.9 Å². The van der Waals surface area contributed by atoms with Crippen molar-refractivity contribution in [3.05, 3.63) is 102 Å². The highest BCUT2D eigenvalue weighted by Gasteiger charge is 2.14. The average Bonchev–Trinajstić information content (AvgIpc) is 3.57. The number of aromatic nitrogens is 2. The molecule has 6 rings (SSSR count). The minimum Gasteiger partial charge on any atom is -0.454 e. The monoisotopic (exact) mass is 447 g/mol. The SMILES string of the molecule is O=C(NCc1ccc2c(c1)OCO2)c1ccc(-c2cc(-c3cccc4ccccc34)[nH]n2)cc1. The maximum absolute atomic E-state index is 12.6. The number of aromatic amines is 1. The van der Waals surface area contributed by atoms with Crippen LogP contribution in [-0.4, -0.2) is 22.9 Å². The van der Waals surface area contributed by atoms with Gasteiger partial charge in [-0.2, -0.15) is 5.10 Å². The van der Waals surface area contributed by atoms with Crippen molar-refractivity contribution in [1.82, 2.24) is 15.5 Å². The molecule has 0 radical (unpaired) electrons. The molecule has 5 aromatic rings. The molecule has 0 spiro atoms. The van der Waals surface area contributed by atoms with Gasteiger partial charge in [0.25, 0.3) is 5.91 Å². The van der Waals surface area contributed by atoms with E-state index in [1.165, 1.54) is 10.8 Å². The van der Waals surface area contributed by atoms with Crippen molar-refractivity contribution in [3.63, 3.8) is 0 Å². The van der Waals surface area contributed by atoms with Crippen LogP contribution in [0.3, 0.4) is 0 Å². The van der Waals surface area contributed by atoms with Gasteiger partial charge in [0.1, 0.15) is 0 Å². The summed E-state index contributed by atoms with van der Waals surface area (Å²) in [4.78, 5) is 12.6. The Morgan fingerprint density at radius 2 is 1.71 bits per heavy atom. The number of carbonyl (C=O) groups excluding carboxylic acids is 1. The Morgan fingerprint density at radius 1 is 0.882 bits per heavy atom. The van der Waals surface area contributed by atoms with Crippen LogP contribution in [0, 0.1) is 0 Å². The number of hydrogen-bond donors (Lipinski definition) is 2. The van der Waals surface area contributed by atoms with E-state index < -0.39 is 0 Å². The van der Waals surface area contributed by atoms with Crippen molar-refractivity contribution in [2.75, 3.05) is 6.79 Å². The van der Waals surface area contributed by atoms with Crippen LogP contribution in [-0.2, 0) is 6.54 Å². The molecule has 34 heavy (non-hydrogen) atoms. The van der Waals surface area contributed by atoms with E-state index in [1.807, 2.05) is 60.7 Å². The fraction of sp³-hybridized carbons (Fsp3) is 0.0714. The largest absolute Gasteiger partial charge is 0.454 e. The summed E-state index contributed by atoms with van der Waals surface area (Å²) < 4.78 is 10.7. The quantitative estimate of drug-likeness (QED) is 0.370. The average molecular weight is 447 g/mol. The van der Waals surface area contributed by atoms with Gasteiger partial charge in [-0.05, 0) is 46.7 Å². The molecular weight excluding hydrogens is 426 g/mol. The van der Waals surface area contributed by atoms with E-state index in [-0.39, 0.29) is 12.7 Å². The second-order valence-corrected chi connectivity index (χ2v) is 8.14. The van der Waals surface area contributed by atoms with Crippen molar-refractivity contribution in [2.24, 2.45) is 0 Å². The summed E-state index contributed by atoms with van der Waals surface area (Å²) in [5.41, 5.74) is 5.38. The van der Waals surface area contributed by atoms with Gasteiger partial charge in [-0.3, -0.25) is 9.89 Å². The third-order valence-corrected chi connectivity index (χ3v) is 5.99. The van der Waals surface area contributed by atoms with Gasteiger partial charge in [0.05, 0.1) is 11.4 Å². The number of benzene rings is 4. The Bertz CT molecular complexity index is 1500. The summed E-state index contributed by atoms with van der Waals surface area (Å²) >= 11 is 0. The standard InChI is InChI=1S/C28H21N3O3/c32-28(29-16-18-8-13-26-27(14-18)34-17-33-26)21-11-9-20(10-12-21)24-15-25(31-30-24)23-7-3-5-19-4-1-2-6-22(19)23/h1-15H,16-17H2,(H,29,32)(H,30,31). The fourth-order valence-corrected chi connectivity index (χ4v) is 4.20. The first-order chi connectivity index (χ1) is 16.7. The molecule has 0 fully saturated rings. The van der Waals surface area contributed by atoms with E-state index in [2.05, 4.69) is 45.8 Å². The smallest absolute Gasteiger partial charge is 0.251 e. The van der Waals surface area contributed by atoms with Gasteiger partial charge in [-0.25, -0.2) is 0 Å². The second kappa shape index (κ2) is 8.41. The first-order valence-corrected chi connectivity index (χ1v) is 11.1. The van der Waals surface area contributed by atoms with E-state index >= 15 is 0 Å². The number of nitrogens with zero attached hydrogens (tertiary/aromatic N) is 1. The lowest BCUT2D eigenvalue weighted by Gasteiger charge is -2.07. The third-order valence-electron chi connectivity index (χ3n) is 5.99. The minimum atomic E-state index is -0.136. The zero-order valence-corrected chi connectivity index (χ0v) is 18.2.